The van der Waals surface area contributed by atoms with Gasteiger partial charge in [0.2, 0.25) is 11.8 Å². The number of ether oxygens (including phenoxy) is 1. The molecule has 178 valence electrons. The lowest BCUT2D eigenvalue weighted by molar-refractivity contribution is -0.116. The summed E-state index contributed by atoms with van der Waals surface area (Å²) in [6.07, 6.45) is 1.75. The molecule has 3 rings (SSSR count). The number of aromatic nitrogens is 3. The van der Waals surface area contributed by atoms with Gasteiger partial charge in [-0.25, -0.2) is 0 Å². The van der Waals surface area contributed by atoms with Crippen LogP contribution in [-0.4, -0.2) is 38.9 Å². The number of allylic oxidation sites excluding steroid dienone is 1. The average molecular weight is 480 g/mol. The first-order valence-electron chi connectivity index (χ1n) is 10.9. The maximum absolute atomic E-state index is 12.6. The van der Waals surface area contributed by atoms with Gasteiger partial charge in [0.1, 0.15) is 11.6 Å². The first-order chi connectivity index (χ1) is 16.4. The molecule has 0 aliphatic rings. The molecule has 1 aromatic heterocycles. The van der Waals surface area contributed by atoms with Crippen molar-refractivity contribution in [2.24, 2.45) is 0 Å². The predicted octanol–water partition coefficient (Wildman–Crippen LogP) is 4.39. The minimum atomic E-state index is -0.217. The highest BCUT2D eigenvalue weighted by Gasteiger charge is 2.17. The summed E-state index contributed by atoms with van der Waals surface area (Å²) in [5.74, 6) is 1.06. The van der Waals surface area contributed by atoms with E-state index >= 15 is 0 Å². The average Bonchev–Trinajstić information content (AvgIpc) is 3.17. The highest BCUT2D eigenvalue weighted by molar-refractivity contribution is 7.99. The number of carbonyl (C=O) groups is 2. The van der Waals surface area contributed by atoms with Crippen LogP contribution in [0.4, 0.5) is 11.4 Å². The molecule has 2 aromatic carbocycles. The monoisotopic (exact) mass is 479 g/mol. The number of nitrogens with one attached hydrogen (secondary N) is 2. The Bertz CT molecular complexity index is 1160. The lowest BCUT2D eigenvalue weighted by Crippen LogP contribution is -2.18. The van der Waals surface area contributed by atoms with E-state index in [0.717, 1.165) is 22.6 Å². The molecule has 0 bridgehead atoms. The van der Waals surface area contributed by atoms with E-state index in [0.29, 0.717) is 29.8 Å². The largest absolute Gasteiger partial charge is 0.494 e. The Morgan fingerprint density at radius 1 is 1.09 bits per heavy atom. The van der Waals surface area contributed by atoms with E-state index in [4.69, 9.17) is 4.74 Å². The summed E-state index contributed by atoms with van der Waals surface area (Å²) in [6, 6.07) is 13.1. The Kier molecular flexibility index (Phi) is 8.86. The van der Waals surface area contributed by atoms with Gasteiger partial charge in [-0.3, -0.25) is 9.59 Å². The van der Waals surface area contributed by atoms with Crippen molar-refractivity contribution in [1.29, 1.82) is 0 Å². The van der Waals surface area contributed by atoms with Gasteiger partial charge in [0, 0.05) is 17.9 Å². The Balaban J connectivity index is 1.60. The van der Waals surface area contributed by atoms with Gasteiger partial charge in [0.05, 0.1) is 18.8 Å². The minimum Gasteiger partial charge on any atom is -0.494 e. The number of hydrogen-bond acceptors (Lipinski definition) is 6. The van der Waals surface area contributed by atoms with E-state index in [1.165, 1.54) is 11.8 Å². The van der Waals surface area contributed by atoms with Crippen LogP contribution in [0.5, 0.6) is 5.75 Å². The second-order valence-electron chi connectivity index (χ2n) is 7.64. The van der Waals surface area contributed by atoms with Crippen molar-refractivity contribution in [3.63, 3.8) is 0 Å². The van der Waals surface area contributed by atoms with Crippen LogP contribution in [0.1, 0.15) is 23.9 Å². The molecule has 1 heterocycles. The zero-order valence-corrected chi connectivity index (χ0v) is 20.4. The van der Waals surface area contributed by atoms with Crippen LogP contribution in [-0.2, 0) is 22.6 Å². The molecule has 2 N–H and O–H groups in total. The van der Waals surface area contributed by atoms with Gasteiger partial charge >= 0.3 is 0 Å². The van der Waals surface area contributed by atoms with Crippen LogP contribution in [0.25, 0.3) is 0 Å². The van der Waals surface area contributed by atoms with Crippen molar-refractivity contribution in [1.82, 2.24) is 14.8 Å². The van der Waals surface area contributed by atoms with Crippen molar-refractivity contribution in [3.05, 3.63) is 72.1 Å². The van der Waals surface area contributed by atoms with Crippen molar-refractivity contribution in [2.45, 2.75) is 38.9 Å². The van der Waals surface area contributed by atoms with E-state index in [1.807, 2.05) is 39.0 Å². The third-order valence-corrected chi connectivity index (χ3v) is 5.83. The molecule has 0 radical (unpaired) electrons. The van der Waals surface area contributed by atoms with Crippen molar-refractivity contribution in [3.8, 4) is 5.75 Å². The molecule has 0 aliphatic heterocycles. The number of rotatable bonds is 11. The first-order valence-corrected chi connectivity index (χ1v) is 11.9. The lowest BCUT2D eigenvalue weighted by Gasteiger charge is -2.10. The van der Waals surface area contributed by atoms with Crippen LogP contribution in [0.15, 0.2) is 60.3 Å². The van der Waals surface area contributed by atoms with Crippen LogP contribution in [0, 0.1) is 13.8 Å². The van der Waals surface area contributed by atoms with Gasteiger partial charge in [0.25, 0.3) is 0 Å². The molecule has 0 spiro atoms. The summed E-state index contributed by atoms with van der Waals surface area (Å²) in [5.41, 5.74) is 3.60. The summed E-state index contributed by atoms with van der Waals surface area (Å²) in [5, 5.41) is 14.7. The molecule has 0 fully saturated rings. The Morgan fingerprint density at radius 2 is 1.85 bits per heavy atom. The molecule has 2 amide bonds. The van der Waals surface area contributed by atoms with Crippen LogP contribution in [0.3, 0.4) is 0 Å². The smallest absolute Gasteiger partial charge is 0.234 e. The highest BCUT2D eigenvalue weighted by atomic mass is 32.2. The van der Waals surface area contributed by atoms with Gasteiger partial charge in [-0.05, 0) is 56.7 Å². The summed E-state index contributed by atoms with van der Waals surface area (Å²) in [6.45, 7) is 10.7. The van der Waals surface area contributed by atoms with Crippen molar-refractivity contribution < 1.29 is 14.3 Å². The summed E-state index contributed by atoms with van der Waals surface area (Å²) < 4.78 is 7.21. The van der Waals surface area contributed by atoms with Crippen LogP contribution < -0.4 is 15.4 Å². The maximum atomic E-state index is 12.6. The molecule has 0 saturated heterocycles. The number of aryl methyl sites for hydroxylation is 2. The van der Waals surface area contributed by atoms with Crippen molar-refractivity contribution >= 4 is 35.0 Å². The van der Waals surface area contributed by atoms with E-state index < -0.39 is 0 Å². The van der Waals surface area contributed by atoms with Crippen molar-refractivity contribution in [2.75, 3.05) is 23.0 Å². The van der Waals surface area contributed by atoms with Gasteiger partial charge in [-0.2, -0.15) is 0 Å². The third-order valence-electron chi connectivity index (χ3n) is 4.86. The Morgan fingerprint density at radius 3 is 2.53 bits per heavy atom. The molecule has 0 unspecified atom stereocenters. The zero-order chi connectivity index (χ0) is 24.5. The number of nitrogens with zero attached hydrogens (tertiary/aromatic N) is 3. The predicted molar refractivity (Wildman–Crippen MR) is 135 cm³/mol. The Hall–Kier alpha value is -3.59. The quantitative estimate of drug-likeness (QED) is 0.313. The number of anilines is 2. The fourth-order valence-corrected chi connectivity index (χ4v) is 4.06. The van der Waals surface area contributed by atoms with Gasteiger partial charge < -0.3 is 19.9 Å². The fourth-order valence-electron chi connectivity index (χ4n) is 3.29. The minimum absolute atomic E-state index is 0.0450. The van der Waals surface area contributed by atoms with E-state index in [-0.39, 0.29) is 24.0 Å². The molecule has 0 atom stereocenters. The number of thioether (sulfide) groups is 1. The summed E-state index contributed by atoms with van der Waals surface area (Å²) in [7, 11) is 0. The van der Waals surface area contributed by atoms with Gasteiger partial charge in [0.15, 0.2) is 5.16 Å². The zero-order valence-electron chi connectivity index (χ0n) is 19.6. The molecule has 0 aliphatic carbocycles. The summed E-state index contributed by atoms with van der Waals surface area (Å²) in [4.78, 5) is 25.0. The lowest BCUT2D eigenvalue weighted by atomic mass is 10.1. The fraction of sp³-hybridized carbons (Fsp3) is 0.280. The van der Waals surface area contributed by atoms with Gasteiger partial charge in [-0.15, -0.1) is 16.8 Å². The molecule has 34 heavy (non-hydrogen) atoms. The maximum Gasteiger partial charge on any atom is 0.234 e. The second kappa shape index (κ2) is 12.0. The molecule has 8 nitrogen and oxygen atoms in total. The topological polar surface area (TPSA) is 98.1 Å². The SMILES string of the molecule is C=CCn1c(CC(=O)Nc2ccc(OCC)cc2)nnc1SCC(=O)Nc1ccc(C)cc1C. The first kappa shape index (κ1) is 25.0. The number of amides is 2. The second-order valence-corrected chi connectivity index (χ2v) is 8.58. The molecule has 0 saturated carbocycles. The van der Waals surface area contributed by atoms with E-state index in [1.54, 1.807) is 34.9 Å². The van der Waals surface area contributed by atoms with Gasteiger partial charge in [-0.1, -0.05) is 35.5 Å². The number of carbonyl (C=O) groups excluding carboxylic acids is 2. The summed E-state index contributed by atoms with van der Waals surface area (Å²) >= 11 is 1.27. The van der Waals surface area contributed by atoms with E-state index in [2.05, 4.69) is 27.4 Å². The highest BCUT2D eigenvalue weighted by Crippen LogP contribution is 2.21. The molecule has 3 aromatic rings. The molecule has 9 heteroatoms. The normalized spacial score (nSPS) is 10.6. The molecular formula is C25H29N5O3S. The Labute approximate surface area is 203 Å². The number of benzene rings is 2. The molecular weight excluding hydrogens is 450 g/mol. The standard InChI is InChI=1S/C25H29N5O3S/c1-5-13-30-22(15-23(31)26-19-8-10-20(11-9-19)33-6-2)28-29-25(30)34-16-24(32)27-21-12-7-17(3)14-18(21)4/h5,7-12,14H,1,6,13,15-16H2,2-4H3,(H,26,31)(H,27,32). The van der Waals surface area contributed by atoms with Crippen LogP contribution in [0.2, 0.25) is 0 Å². The third kappa shape index (κ3) is 6.95. The van der Waals surface area contributed by atoms with E-state index in [9.17, 15) is 9.59 Å². The van der Waals surface area contributed by atoms with Crippen LogP contribution >= 0.6 is 11.8 Å². The number of hydrogen-bond donors (Lipinski definition) is 2.